The summed E-state index contributed by atoms with van der Waals surface area (Å²) in [5.41, 5.74) is 1.73. The minimum Gasteiger partial charge on any atom is -0.330 e. The highest BCUT2D eigenvalue weighted by Crippen LogP contribution is 2.13. The van der Waals surface area contributed by atoms with Gasteiger partial charge in [0.15, 0.2) is 0 Å². The highest BCUT2D eigenvalue weighted by molar-refractivity contribution is 6.01. The number of rotatable bonds is 8. The maximum absolute atomic E-state index is 12.1. The lowest BCUT2D eigenvalue weighted by molar-refractivity contribution is -0.197. The van der Waals surface area contributed by atoms with Crippen LogP contribution in [0.3, 0.4) is 0 Å². The highest BCUT2D eigenvalue weighted by atomic mass is 16.7. The minimum atomic E-state index is -0.620. The first-order valence-corrected chi connectivity index (χ1v) is 8.70. The highest BCUT2D eigenvalue weighted by Gasteiger charge is 2.32. The van der Waals surface area contributed by atoms with Gasteiger partial charge in [-0.3, -0.25) is 24.5 Å². The molecule has 2 amide bonds. The van der Waals surface area contributed by atoms with Gasteiger partial charge < -0.3 is 4.84 Å². The predicted octanol–water partition coefficient (Wildman–Crippen LogP) is 1.48. The van der Waals surface area contributed by atoms with Crippen LogP contribution in [0.4, 0.5) is 0 Å². The van der Waals surface area contributed by atoms with Gasteiger partial charge in [-0.1, -0.05) is 12.1 Å². The largest absolute Gasteiger partial charge is 0.334 e. The average molecular weight is 368 g/mol. The van der Waals surface area contributed by atoms with E-state index in [1.54, 1.807) is 12.4 Å². The number of hydrogen-bond donors (Lipinski definition) is 0. The van der Waals surface area contributed by atoms with Gasteiger partial charge in [-0.05, 0) is 24.3 Å². The number of hydroxylamine groups is 2. The number of imide groups is 1. The average Bonchev–Trinajstić information content (AvgIpc) is 3.00. The Kier molecular flexibility index (Phi) is 6.22. The zero-order valence-corrected chi connectivity index (χ0v) is 14.8. The Morgan fingerprint density at radius 2 is 1.52 bits per heavy atom. The van der Waals surface area contributed by atoms with E-state index < -0.39 is 17.8 Å². The molecule has 27 heavy (non-hydrogen) atoms. The van der Waals surface area contributed by atoms with E-state index in [1.165, 1.54) is 0 Å². The Bertz CT molecular complexity index is 740. The third-order valence-electron chi connectivity index (χ3n) is 4.05. The Morgan fingerprint density at radius 3 is 2.00 bits per heavy atom. The summed E-state index contributed by atoms with van der Waals surface area (Å²) in [5, 5.41) is 0.574. The molecule has 0 bridgehead atoms. The zero-order chi connectivity index (χ0) is 19.1. The van der Waals surface area contributed by atoms with Crippen LogP contribution in [0.15, 0.2) is 48.8 Å². The molecule has 1 saturated heterocycles. The van der Waals surface area contributed by atoms with Crippen molar-refractivity contribution in [1.29, 1.82) is 0 Å². The first-order valence-electron chi connectivity index (χ1n) is 8.70. The van der Waals surface area contributed by atoms with E-state index in [4.69, 9.17) is 4.84 Å². The minimum absolute atomic E-state index is 0.0384. The van der Waals surface area contributed by atoms with Crippen molar-refractivity contribution in [3.8, 4) is 0 Å². The molecule has 2 aromatic rings. The second-order valence-electron chi connectivity index (χ2n) is 6.15. The zero-order valence-electron chi connectivity index (χ0n) is 14.8. The molecule has 0 spiro atoms. The van der Waals surface area contributed by atoms with Crippen LogP contribution in [0, 0.1) is 0 Å². The maximum atomic E-state index is 12.1. The molecule has 140 valence electrons. The van der Waals surface area contributed by atoms with E-state index in [1.807, 2.05) is 41.3 Å². The van der Waals surface area contributed by atoms with Gasteiger partial charge in [0.25, 0.3) is 11.8 Å². The topological polar surface area (TPSA) is 92.7 Å². The maximum Gasteiger partial charge on any atom is 0.334 e. The van der Waals surface area contributed by atoms with Gasteiger partial charge in [0.05, 0.1) is 17.8 Å². The van der Waals surface area contributed by atoms with Crippen LogP contribution < -0.4 is 0 Å². The van der Waals surface area contributed by atoms with Crippen LogP contribution in [0.5, 0.6) is 0 Å². The molecule has 2 aromatic heterocycles. The molecule has 1 aliphatic heterocycles. The van der Waals surface area contributed by atoms with Crippen molar-refractivity contribution >= 4 is 17.8 Å². The van der Waals surface area contributed by atoms with Gasteiger partial charge in [-0.15, -0.1) is 5.06 Å². The standard InChI is InChI=1S/C19H20N4O4/c24-17-7-8-18(25)23(17)27-19(26)9-12-22(13-15-5-1-3-10-20-15)14-16-6-2-4-11-21-16/h1-6,10-11H,7-9,12-14H2. The number of pyridine rings is 2. The van der Waals surface area contributed by atoms with Crippen molar-refractivity contribution in [2.45, 2.75) is 32.4 Å². The number of nitrogens with zero attached hydrogens (tertiary/aromatic N) is 4. The lowest BCUT2D eigenvalue weighted by Crippen LogP contribution is -2.34. The molecular formula is C19H20N4O4. The van der Waals surface area contributed by atoms with E-state index in [-0.39, 0.29) is 19.3 Å². The van der Waals surface area contributed by atoms with Crippen molar-refractivity contribution in [2.75, 3.05) is 6.54 Å². The smallest absolute Gasteiger partial charge is 0.330 e. The van der Waals surface area contributed by atoms with E-state index in [2.05, 4.69) is 9.97 Å². The molecule has 0 N–H and O–H groups in total. The van der Waals surface area contributed by atoms with Crippen LogP contribution >= 0.6 is 0 Å². The van der Waals surface area contributed by atoms with Crippen molar-refractivity contribution in [1.82, 2.24) is 19.9 Å². The molecule has 0 unspecified atom stereocenters. The number of carbonyl (C=O) groups excluding carboxylic acids is 3. The van der Waals surface area contributed by atoms with Gasteiger partial charge in [0.2, 0.25) is 0 Å². The molecule has 0 aromatic carbocycles. The third-order valence-corrected chi connectivity index (χ3v) is 4.05. The molecule has 8 heteroatoms. The normalized spacial score (nSPS) is 14.0. The van der Waals surface area contributed by atoms with E-state index in [0.29, 0.717) is 24.7 Å². The van der Waals surface area contributed by atoms with Gasteiger partial charge in [-0.25, -0.2) is 4.79 Å². The second-order valence-corrected chi connectivity index (χ2v) is 6.15. The molecule has 0 atom stereocenters. The Morgan fingerprint density at radius 1 is 0.963 bits per heavy atom. The number of aromatic nitrogens is 2. The van der Waals surface area contributed by atoms with Crippen molar-refractivity contribution in [2.24, 2.45) is 0 Å². The predicted molar refractivity (Wildman–Crippen MR) is 94.4 cm³/mol. The molecule has 0 radical (unpaired) electrons. The van der Waals surface area contributed by atoms with Crippen LogP contribution in [0.25, 0.3) is 0 Å². The Balaban J connectivity index is 1.59. The Labute approximate surface area is 156 Å². The van der Waals surface area contributed by atoms with Crippen LogP contribution in [0.1, 0.15) is 30.7 Å². The lowest BCUT2D eigenvalue weighted by atomic mass is 10.2. The fourth-order valence-electron chi connectivity index (χ4n) is 2.71. The number of hydrogen-bond acceptors (Lipinski definition) is 7. The van der Waals surface area contributed by atoms with E-state index in [0.717, 1.165) is 11.4 Å². The first-order chi connectivity index (χ1) is 13.1. The SMILES string of the molecule is O=C(CCN(Cc1ccccn1)Cc1ccccn1)ON1C(=O)CCC1=O. The first kappa shape index (κ1) is 18.7. The molecule has 3 rings (SSSR count). The summed E-state index contributed by atoms with van der Waals surface area (Å²) in [6.07, 6.45) is 3.63. The van der Waals surface area contributed by atoms with Crippen molar-refractivity contribution < 1.29 is 19.2 Å². The van der Waals surface area contributed by atoms with Crippen molar-refractivity contribution in [3.05, 3.63) is 60.2 Å². The summed E-state index contributed by atoms with van der Waals surface area (Å²) in [4.78, 5) is 50.7. The lowest BCUT2D eigenvalue weighted by Gasteiger charge is -2.21. The number of amides is 2. The Hall–Kier alpha value is -3.13. The van der Waals surface area contributed by atoms with Gasteiger partial charge in [0.1, 0.15) is 0 Å². The molecule has 0 saturated carbocycles. The molecule has 1 fully saturated rings. The van der Waals surface area contributed by atoms with E-state index >= 15 is 0 Å². The van der Waals surface area contributed by atoms with Crippen LogP contribution in [0.2, 0.25) is 0 Å². The summed E-state index contributed by atoms with van der Waals surface area (Å²) >= 11 is 0. The molecular weight excluding hydrogens is 348 g/mol. The summed E-state index contributed by atoms with van der Waals surface area (Å²) < 4.78 is 0. The monoisotopic (exact) mass is 368 g/mol. The molecule has 8 nitrogen and oxygen atoms in total. The third kappa shape index (κ3) is 5.42. The summed E-state index contributed by atoms with van der Waals surface area (Å²) in [5.74, 6) is -1.58. The number of carbonyl (C=O) groups is 3. The second kappa shape index (κ2) is 9.00. The van der Waals surface area contributed by atoms with Crippen molar-refractivity contribution in [3.63, 3.8) is 0 Å². The quantitative estimate of drug-likeness (QED) is 0.652. The molecule has 3 heterocycles. The molecule has 0 aliphatic carbocycles. The molecule has 1 aliphatic rings. The summed E-state index contributed by atoms with van der Waals surface area (Å²) in [7, 11) is 0. The van der Waals surface area contributed by atoms with Gasteiger partial charge >= 0.3 is 5.97 Å². The van der Waals surface area contributed by atoms with Gasteiger partial charge in [-0.2, -0.15) is 0 Å². The fraction of sp³-hybridized carbons (Fsp3) is 0.316. The van der Waals surface area contributed by atoms with E-state index in [9.17, 15) is 14.4 Å². The fourth-order valence-corrected chi connectivity index (χ4v) is 2.71. The van der Waals surface area contributed by atoms with Crippen LogP contribution in [-0.2, 0) is 32.3 Å². The summed E-state index contributed by atoms with van der Waals surface area (Å²) in [6.45, 7) is 1.45. The van der Waals surface area contributed by atoms with Gasteiger partial charge in [0, 0.05) is 44.9 Å². The van der Waals surface area contributed by atoms with Crippen LogP contribution in [-0.4, -0.2) is 44.3 Å². The summed E-state index contributed by atoms with van der Waals surface area (Å²) in [6, 6.07) is 11.3.